The molecule has 4 rings (SSSR count). The lowest BCUT2D eigenvalue weighted by Gasteiger charge is -2.54. The van der Waals surface area contributed by atoms with E-state index in [9.17, 15) is 5.11 Å². The molecule has 0 spiro atoms. The number of hydrogen-bond donors (Lipinski definition) is 1. The maximum atomic E-state index is 9.94. The molecule has 0 aromatic rings. The highest BCUT2D eigenvalue weighted by Crippen LogP contribution is 2.65. The van der Waals surface area contributed by atoms with Gasteiger partial charge in [0.25, 0.3) is 0 Å². The molecule has 0 aliphatic heterocycles. The van der Waals surface area contributed by atoms with Crippen LogP contribution < -0.4 is 0 Å². The topological polar surface area (TPSA) is 20.2 Å². The first kappa shape index (κ1) is 14.6. The van der Waals surface area contributed by atoms with Gasteiger partial charge in [0.05, 0.1) is 5.76 Å². The van der Waals surface area contributed by atoms with Crippen molar-refractivity contribution in [2.75, 3.05) is 0 Å². The van der Waals surface area contributed by atoms with Crippen LogP contribution in [0.4, 0.5) is 0 Å². The highest BCUT2D eigenvalue weighted by Gasteiger charge is 2.56. The molecule has 0 saturated heterocycles. The smallest absolute Gasteiger partial charge is 0.0926 e. The minimum atomic E-state index is 0.177. The average Bonchev–Trinajstić information content (AvgIpc) is 2.79. The van der Waals surface area contributed by atoms with Crippen molar-refractivity contribution in [1.29, 1.82) is 0 Å². The van der Waals surface area contributed by atoms with Crippen LogP contribution in [-0.2, 0) is 0 Å². The molecule has 4 aliphatic carbocycles. The first-order valence-electron chi connectivity index (χ1n) is 9.19. The molecule has 0 radical (unpaired) electrons. The van der Waals surface area contributed by atoms with Crippen molar-refractivity contribution < 1.29 is 5.11 Å². The molecule has 0 aromatic heterocycles. The van der Waals surface area contributed by atoms with Crippen molar-refractivity contribution in [3.8, 4) is 0 Å². The van der Waals surface area contributed by atoms with Crippen LogP contribution in [0.25, 0.3) is 0 Å². The number of hydrogen-bond acceptors (Lipinski definition) is 1. The largest absolute Gasteiger partial charge is 0.512 e. The third kappa shape index (κ3) is 1.66. The van der Waals surface area contributed by atoms with Gasteiger partial charge >= 0.3 is 0 Å². The van der Waals surface area contributed by atoms with E-state index in [-0.39, 0.29) is 5.41 Å². The summed E-state index contributed by atoms with van der Waals surface area (Å²) in [4.78, 5) is 0. The molecule has 6 unspecified atom stereocenters. The summed E-state index contributed by atoms with van der Waals surface area (Å²) in [6.07, 6.45) is 13.0. The molecule has 4 aliphatic rings. The number of aliphatic hydroxyl groups excluding tert-OH is 1. The fraction of sp³-hybridized carbons (Fsp3) is 0.714. The number of allylic oxidation sites excluding steroid dienone is 6. The molecule has 0 aromatic carbocycles. The van der Waals surface area contributed by atoms with E-state index < -0.39 is 0 Å². The molecule has 22 heavy (non-hydrogen) atoms. The number of rotatable bonds is 0. The van der Waals surface area contributed by atoms with Gasteiger partial charge in [-0.25, -0.2) is 0 Å². The van der Waals surface area contributed by atoms with Gasteiger partial charge in [-0.3, -0.25) is 0 Å². The molecule has 1 nitrogen and oxygen atoms in total. The predicted octanol–water partition coefficient (Wildman–Crippen LogP) is 5.80. The third-order valence-corrected chi connectivity index (χ3v) is 8.14. The fourth-order valence-electron chi connectivity index (χ4n) is 6.29. The second-order valence-electron chi connectivity index (χ2n) is 8.83. The zero-order valence-electron chi connectivity index (χ0n) is 14.5. The molecule has 120 valence electrons. The van der Waals surface area contributed by atoms with Gasteiger partial charge in [0.1, 0.15) is 0 Å². The van der Waals surface area contributed by atoms with Crippen molar-refractivity contribution in [1.82, 2.24) is 0 Å². The zero-order valence-corrected chi connectivity index (χ0v) is 14.5. The lowest BCUT2D eigenvalue weighted by atomic mass is 9.50. The van der Waals surface area contributed by atoms with Crippen LogP contribution >= 0.6 is 0 Å². The monoisotopic (exact) mass is 298 g/mol. The van der Waals surface area contributed by atoms with E-state index in [1.165, 1.54) is 24.8 Å². The van der Waals surface area contributed by atoms with Gasteiger partial charge in [0.15, 0.2) is 0 Å². The Balaban J connectivity index is 1.82. The molecular weight excluding hydrogens is 268 g/mol. The summed E-state index contributed by atoms with van der Waals surface area (Å²) in [6, 6.07) is 0. The number of aliphatic hydroxyl groups is 1. The lowest BCUT2D eigenvalue weighted by molar-refractivity contribution is 0.0570. The van der Waals surface area contributed by atoms with E-state index >= 15 is 0 Å². The SMILES string of the molecule is CC1C=C2C(CC=C3C=C(O)CCC32C)C2CCC(C)C12C. The Hall–Kier alpha value is -0.980. The van der Waals surface area contributed by atoms with Gasteiger partial charge in [0, 0.05) is 11.8 Å². The molecule has 1 heteroatoms. The Labute approximate surface area is 135 Å². The molecule has 0 bridgehead atoms. The highest BCUT2D eigenvalue weighted by molar-refractivity contribution is 5.45. The Kier molecular flexibility index (Phi) is 3.00. The van der Waals surface area contributed by atoms with Gasteiger partial charge in [-0.2, -0.15) is 0 Å². The first-order chi connectivity index (χ1) is 10.4. The van der Waals surface area contributed by atoms with Crippen molar-refractivity contribution in [3.05, 3.63) is 35.1 Å². The van der Waals surface area contributed by atoms with E-state index in [2.05, 4.69) is 45.9 Å². The maximum Gasteiger partial charge on any atom is 0.0926 e. The molecule has 0 amide bonds. The molecular formula is C21H30O. The van der Waals surface area contributed by atoms with Crippen LogP contribution in [0, 0.1) is 34.5 Å². The molecule has 1 N–H and O–H groups in total. The van der Waals surface area contributed by atoms with E-state index in [4.69, 9.17) is 0 Å². The Bertz CT molecular complexity index is 595. The van der Waals surface area contributed by atoms with Crippen LogP contribution in [0.15, 0.2) is 35.1 Å². The van der Waals surface area contributed by atoms with E-state index in [1.807, 2.05) is 0 Å². The zero-order chi connectivity index (χ0) is 15.7. The van der Waals surface area contributed by atoms with Crippen molar-refractivity contribution in [3.63, 3.8) is 0 Å². The normalized spacial score (nSPS) is 50.3. The molecule has 0 heterocycles. The van der Waals surface area contributed by atoms with Crippen molar-refractivity contribution >= 4 is 0 Å². The lowest BCUT2D eigenvalue weighted by Crippen LogP contribution is -2.46. The van der Waals surface area contributed by atoms with E-state index in [0.29, 0.717) is 17.1 Å². The van der Waals surface area contributed by atoms with Gasteiger partial charge in [-0.15, -0.1) is 0 Å². The minimum Gasteiger partial charge on any atom is -0.512 e. The second kappa shape index (κ2) is 4.52. The van der Waals surface area contributed by atoms with E-state index in [0.717, 1.165) is 30.6 Å². The predicted molar refractivity (Wildman–Crippen MR) is 91.5 cm³/mol. The standard InChI is InChI=1S/C21H30O/c1-13-5-8-18-17-7-6-15-12-16(22)9-10-20(15,3)19(17)11-14(2)21(13,18)4/h6,11-14,17-18,22H,5,7-10H2,1-4H3. The average molecular weight is 298 g/mol. The maximum absolute atomic E-state index is 9.94. The molecule has 1 fully saturated rings. The van der Waals surface area contributed by atoms with Crippen LogP contribution in [-0.4, -0.2) is 5.11 Å². The quantitative estimate of drug-likeness (QED) is 0.560. The number of fused-ring (bicyclic) bond motifs is 5. The van der Waals surface area contributed by atoms with Gasteiger partial charge in [-0.1, -0.05) is 45.4 Å². The summed E-state index contributed by atoms with van der Waals surface area (Å²) < 4.78 is 0. The fourth-order valence-corrected chi connectivity index (χ4v) is 6.29. The van der Waals surface area contributed by atoms with Crippen LogP contribution in [0.3, 0.4) is 0 Å². The van der Waals surface area contributed by atoms with E-state index in [1.54, 1.807) is 5.57 Å². The first-order valence-corrected chi connectivity index (χ1v) is 9.19. The van der Waals surface area contributed by atoms with Gasteiger partial charge in [0.2, 0.25) is 0 Å². The summed E-state index contributed by atoms with van der Waals surface area (Å²) in [6.45, 7) is 9.91. The second-order valence-corrected chi connectivity index (χ2v) is 8.83. The van der Waals surface area contributed by atoms with Crippen LogP contribution in [0.2, 0.25) is 0 Å². The highest BCUT2D eigenvalue weighted by atomic mass is 16.3. The summed E-state index contributed by atoms with van der Waals surface area (Å²) >= 11 is 0. The van der Waals surface area contributed by atoms with Crippen molar-refractivity contribution in [2.45, 2.75) is 59.8 Å². The molecule has 6 atom stereocenters. The summed E-state index contributed by atoms with van der Waals surface area (Å²) in [5, 5.41) is 9.94. The summed E-state index contributed by atoms with van der Waals surface area (Å²) in [5.74, 6) is 3.70. The molecule has 1 saturated carbocycles. The van der Waals surface area contributed by atoms with Crippen LogP contribution in [0.1, 0.15) is 59.8 Å². The van der Waals surface area contributed by atoms with Gasteiger partial charge in [-0.05, 0) is 66.4 Å². The Morgan fingerprint density at radius 2 is 1.95 bits per heavy atom. The minimum absolute atomic E-state index is 0.177. The Morgan fingerprint density at radius 3 is 2.73 bits per heavy atom. The summed E-state index contributed by atoms with van der Waals surface area (Å²) in [5.41, 5.74) is 3.75. The van der Waals surface area contributed by atoms with Gasteiger partial charge < -0.3 is 5.11 Å². The third-order valence-electron chi connectivity index (χ3n) is 8.14. The van der Waals surface area contributed by atoms with Crippen molar-refractivity contribution in [2.24, 2.45) is 34.5 Å². The van der Waals surface area contributed by atoms with Crippen LogP contribution in [0.5, 0.6) is 0 Å². The Morgan fingerprint density at radius 1 is 1.18 bits per heavy atom. The summed E-state index contributed by atoms with van der Waals surface area (Å²) in [7, 11) is 0.